The van der Waals surface area contributed by atoms with Crippen LogP contribution in [0.1, 0.15) is 26.3 Å². The van der Waals surface area contributed by atoms with Crippen LogP contribution in [0.25, 0.3) is 0 Å². The van der Waals surface area contributed by atoms with Crippen molar-refractivity contribution in [1.82, 2.24) is 15.5 Å². The highest BCUT2D eigenvalue weighted by molar-refractivity contribution is 5.80. The molecule has 2 heterocycles. The van der Waals surface area contributed by atoms with Crippen molar-refractivity contribution in [1.29, 1.82) is 0 Å². The van der Waals surface area contributed by atoms with Crippen LogP contribution in [0.5, 0.6) is 0 Å². The van der Waals surface area contributed by atoms with Crippen molar-refractivity contribution >= 4 is 17.7 Å². The maximum atomic E-state index is 12.1. The van der Waals surface area contributed by atoms with Gasteiger partial charge >= 0.3 is 6.09 Å². The van der Waals surface area contributed by atoms with Gasteiger partial charge in [-0.15, -0.1) is 0 Å². The first-order valence-electron chi connectivity index (χ1n) is 10.2. The third-order valence-corrected chi connectivity index (χ3v) is 4.89. The van der Waals surface area contributed by atoms with Crippen molar-refractivity contribution in [3.05, 3.63) is 29.8 Å². The largest absolute Gasteiger partial charge is 0.444 e. The number of benzene rings is 1. The predicted molar refractivity (Wildman–Crippen MR) is 114 cm³/mol. The van der Waals surface area contributed by atoms with E-state index in [1.807, 2.05) is 20.8 Å². The van der Waals surface area contributed by atoms with Gasteiger partial charge in [-0.2, -0.15) is 0 Å². The second-order valence-corrected chi connectivity index (χ2v) is 8.38. The van der Waals surface area contributed by atoms with Crippen LogP contribution in [-0.2, 0) is 16.0 Å². The number of amides is 1. The van der Waals surface area contributed by atoms with E-state index in [-0.39, 0.29) is 12.1 Å². The fourth-order valence-corrected chi connectivity index (χ4v) is 3.39. The van der Waals surface area contributed by atoms with Crippen LogP contribution in [0, 0.1) is 0 Å². The summed E-state index contributed by atoms with van der Waals surface area (Å²) >= 11 is 0. The van der Waals surface area contributed by atoms with Crippen LogP contribution in [-0.4, -0.2) is 75.0 Å². The summed E-state index contributed by atoms with van der Waals surface area (Å²) in [6.45, 7) is 10.9. The molecule has 3 rings (SSSR count). The van der Waals surface area contributed by atoms with Gasteiger partial charge in [0, 0.05) is 45.5 Å². The highest BCUT2D eigenvalue weighted by Crippen LogP contribution is 2.21. The summed E-state index contributed by atoms with van der Waals surface area (Å²) < 4.78 is 10.9. The van der Waals surface area contributed by atoms with Gasteiger partial charge in [0.1, 0.15) is 5.60 Å². The van der Waals surface area contributed by atoms with Gasteiger partial charge in [-0.1, -0.05) is 18.2 Å². The number of ether oxygens (including phenoxy) is 2. The third-order valence-electron chi connectivity index (χ3n) is 4.89. The van der Waals surface area contributed by atoms with E-state index in [0.29, 0.717) is 19.6 Å². The topological polar surface area (TPSA) is 78.4 Å². The first-order chi connectivity index (χ1) is 13.9. The summed E-state index contributed by atoms with van der Waals surface area (Å²) in [5.74, 6) is 0.732. The molecule has 1 amide bonds. The van der Waals surface area contributed by atoms with Crippen molar-refractivity contribution in [3.63, 3.8) is 0 Å². The zero-order chi connectivity index (χ0) is 20.9. The van der Waals surface area contributed by atoms with Gasteiger partial charge in [-0.3, -0.25) is 4.99 Å². The molecule has 2 N–H and O–H groups in total. The lowest BCUT2D eigenvalue weighted by molar-refractivity contribution is 0.00701. The van der Waals surface area contributed by atoms with E-state index >= 15 is 0 Å². The molecule has 2 aliphatic heterocycles. The standard InChI is InChI=1S/C21H33N5O3/c1-21(2,3)29-20(27)26-14-17(15-26)24-19(22-4)23-13-16-7-5-6-8-18(16)25-9-11-28-12-10-25/h5-8,17H,9-15H2,1-4H3,(H2,22,23,24). The lowest BCUT2D eigenvalue weighted by Crippen LogP contribution is -2.63. The van der Waals surface area contributed by atoms with Crippen LogP contribution >= 0.6 is 0 Å². The fourth-order valence-electron chi connectivity index (χ4n) is 3.39. The summed E-state index contributed by atoms with van der Waals surface area (Å²) in [7, 11) is 1.76. The molecule has 29 heavy (non-hydrogen) atoms. The number of aliphatic imine (C=N–C) groups is 1. The van der Waals surface area contributed by atoms with Crippen LogP contribution < -0.4 is 15.5 Å². The zero-order valence-corrected chi connectivity index (χ0v) is 17.9. The van der Waals surface area contributed by atoms with Crippen molar-refractivity contribution in [2.24, 2.45) is 4.99 Å². The van der Waals surface area contributed by atoms with Crippen molar-refractivity contribution in [2.75, 3.05) is 51.3 Å². The number of hydrogen-bond donors (Lipinski definition) is 2. The van der Waals surface area contributed by atoms with Gasteiger partial charge < -0.3 is 29.9 Å². The Morgan fingerprint density at radius 3 is 2.59 bits per heavy atom. The predicted octanol–water partition coefficient (Wildman–Crippen LogP) is 1.81. The number of morpholine rings is 1. The Hall–Kier alpha value is -2.48. The number of rotatable bonds is 4. The number of para-hydroxylation sites is 1. The van der Waals surface area contributed by atoms with E-state index in [1.165, 1.54) is 11.3 Å². The maximum Gasteiger partial charge on any atom is 0.410 e. The Morgan fingerprint density at radius 2 is 1.93 bits per heavy atom. The molecule has 0 saturated carbocycles. The van der Waals surface area contributed by atoms with Crippen LogP contribution in [0.15, 0.2) is 29.3 Å². The van der Waals surface area contributed by atoms with Gasteiger partial charge in [0.15, 0.2) is 5.96 Å². The summed E-state index contributed by atoms with van der Waals surface area (Å²) in [5, 5.41) is 6.77. The highest BCUT2D eigenvalue weighted by atomic mass is 16.6. The minimum Gasteiger partial charge on any atom is -0.444 e. The van der Waals surface area contributed by atoms with E-state index in [2.05, 4.69) is 44.8 Å². The summed E-state index contributed by atoms with van der Waals surface area (Å²) in [4.78, 5) is 20.4. The lowest BCUT2D eigenvalue weighted by Gasteiger charge is -2.40. The van der Waals surface area contributed by atoms with E-state index < -0.39 is 5.60 Å². The number of likely N-dealkylation sites (tertiary alicyclic amines) is 1. The minimum atomic E-state index is -0.471. The number of carbonyl (C=O) groups excluding carboxylic acids is 1. The Morgan fingerprint density at radius 1 is 1.24 bits per heavy atom. The van der Waals surface area contributed by atoms with Gasteiger partial charge in [0.05, 0.1) is 19.3 Å². The monoisotopic (exact) mass is 403 g/mol. The molecule has 0 aromatic heterocycles. The third kappa shape index (κ3) is 6.00. The molecule has 8 nitrogen and oxygen atoms in total. The summed E-state index contributed by atoms with van der Waals surface area (Å²) in [5.41, 5.74) is 1.99. The molecule has 0 aliphatic carbocycles. The van der Waals surface area contributed by atoms with E-state index in [0.717, 1.165) is 32.3 Å². The Balaban J connectivity index is 1.48. The molecule has 2 saturated heterocycles. The molecule has 0 radical (unpaired) electrons. The Labute approximate surface area is 173 Å². The van der Waals surface area contributed by atoms with Gasteiger partial charge in [0.2, 0.25) is 0 Å². The molecule has 0 bridgehead atoms. The molecular weight excluding hydrogens is 370 g/mol. The van der Waals surface area contributed by atoms with E-state index in [4.69, 9.17) is 9.47 Å². The second kappa shape index (κ2) is 9.35. The molecular formula is C21H33N5O3. The average molecular weight is 404 g/mol. The minimum absolute atomic E-state index is 0.170. The van der Waals surface area contributed by atoms with Crippen LogP contribution in [0.4, 0.5) is 10.5 Å². The lowest BCUT2D eigenvalue weighted by atomic mass is 10.1. The quantitative estimate of drug-likeness (QED) is 0.590. The summed E-state index contributed by atoms with van der Waals surface area (Å²) in [6.07, 6.45) is -0.266. The smallest absolute Gasteiger partial charge is 0.410 e. The Bertz CT molecular complexity index is 719. The maximum absolute atomic E-state index is 12.1. The first-order valence-corrected chi connectivity index (χ1v) is 10.2. The number of guanidine groups is 1. The Kier molecular flexibility index (Phi) is 6.84. The van der Waals surface area contributed by atoms with Crippen molar-refractivity contribution in [3.8, 4) is 0 Å². The van der Waals surface area contributed by atoms with Crippen molar-refractivity contribution < 1.29 is 14.3 Å². The van der Waals surface area contributed by atoms with Crippen molar-refractivity contribution in [2.45, 2.75) is 39.0 Å². The van der Waals surface area contributed by atoms with Gasteiger partial charge in [0.25, 0.3) is 0 Å². The zero-order valence-electron chi connectivity index (χ0n) is 17.9. The second-order valence-electron chi connectivity index (χ2n) is 8.38. The number of nitrogens with zero attached hydrogens (tertiary/aromatic N) is 3. The molecule has 1 aromatic rings. The molecule has 1 aromatic carbocycles. The van der Waals surface area contributed by atoms with E-state index in [9.17, 15) is 4.79 Å². The fraction of sp³-hybridized carbons (Fsp3) is 0.619. The normalized spacial score (nSPS) is 18.3. The number of carbonyl (C=O) groups is 1. The summed E-state index contributed by atoms with van der Waals surface area (Å²) in [6, 6.07) is 8.59. The van der Waals surface area contributed by atoms with Gasteiger partial charge in [-0.25, -0.2) is 4.79 Å². The van der Waals surface area contributed by atoms with Crippen LogP contribution in [0.2, 0.25) is 0 Å². The first kappa shape index (κ1) is 21.2. The van der Waals surface area contributed by atoms with Crippen LogP contribution in [0.3, 0.4) is 0 Å². The molecule has 0 unspecified atom stereocenters. The van der Waals surface area contributed by atoms with E-state index in [1.54, 1.807) is 11.9 Å². The molecule has 0 spiro atoms. The highest BCUT2D eigenvalue weighted by Gasteiger charge is 2.34. The average Bonchev–Trinajstić information content (AvgIpc) is 2.66. The number of hydrogen-bond acceptors (Lipinski definition) is 5. The number of anilines is 1. The number of nitrogens with one attached hydrogen (secondary N) is 2. The molecule has 2 aliphatic rings. The SMILES string of the molecule is CN=C(NCc1ccccc1N1CCOCC1)NC1CN(C(=O)OC(C)(C)C)C1. The molecule has 2 fully saturated rings. The molecule has 160 valence electrons. The van der Waals surface area contributed by atoms with Gasteiger partial charge in [-0.05, 0) is 32.4 Å². The molecule has 0 atom stereocenters. The molecule has 8 heteroatoms.